The molecule has 0 fully saturated rings. The van der Waals surface area contributed by atoms with Gasteiger partial charge in [0, 0.05) is 0 Å². The first-order valence-electron chi connectivity index (χ1n) is 42.3. The molecule has 0 bridgehead atoms. The summed E-state index contributed by atoms with van der Waals surface area (Å²) in [5, 5.41) is 0. The van der Waals surface area contributed by atoms with E-state index in [0.29, 0.717) is 10.8 Å². The summed E-state index contributed by atoms with van der Waals surface area (Å²) in [6, 6.07) is 0. The molecule has 0 rings (SSSR count). The molecule has 0 aliphatic heterocycles. The maximum atomic E-state index is 3.97. The van der Waals surface area contributed by atoms with Crippen LogP contribution in [0.25, 0.3) is 0 Å². The lowest BCUT2D eigenvalue weighted by Crippen LogP contribution is -2.42. The summed E-state index contributed by atoms with van der Waals surface area (Å²) in [5.74, 6) is 0. The van der Waals surface area contributed by atoms with Gasteiger partial charge in [-0.3, -0.25) is 0 Å². The van der Waals surface area contributed by atoms with Gasteiger partial charge in [0.2, 0.25) is 0 Å². The number of unbranched alkanes of at least 4 members (excludes halogenated alkanes) is 61. The highest BCUT2D eigenvalue weighted by molar-refractivity contribution is 5.21. The van der Waals surface area contributed by atoms with Gasteiger partial charge >= 0.3 is 0 Å². The summed E-state index contributed by atoms with van der Waals surface area (Å²) in [6.07, 6.45) is 119. The van der Waals surface area contributed by atoms with Crippen LogP contribution in [0, 0.1) is 10.8 Å². The molecule has 0 radical (unpaired) electrons. The van der Waals surface area contributed by atoms with Crippen molar-refractivity contribution in [2.45, 2.75) is 489 Å². The van der Waals surface area contributed by atoms with Gasteiger partial charge in [-0.2, -0.15) is 0 Å². The van der Waals surface area contributed by atoms with E-state index in [4.69, 9.17) is 0 Å². The first-order chi connectivity index (χ1) is 44.5. The molecule has 0 heterocycles. The van der Waals surface area contributed by atoms with Crippen molar-refractivity contribution in [3.8, 4) is 0 Å². The fourth-order valence-electron chi connectivity index (χ4n) is 15.6. The average Bonchev–Trinajstić information content (AvgIpc) is 0.805. The number of rotatable bonds is 80. The Morgan fingerprint density at radius 1 is 0.222 bits per heavy atom. The second kappa shape index (κ2) is 74.8. The van der Waals surface area contributed by atoms with Gasteiger partial charge in [0.1, 0.15) is 0 Å². The zero-order valence-corrected chi connectivity index (χ0v) is 63.0. The molecule has 0 amide bonds. The van der Waals surface area contributed by atoms with Crippen LogP contribution < -0.4 is 0 Å². The SMILES string of the molecule is C=CCCCCCCCCCCCCCCC(=CCCCCCCCCC)C(CCCCCCCCCCC=CCCCC)(CCCCCCCCCCCCC=C)C(C)(CCCCCCCCCCCCC=C)CCCCCCCCCCCCCCC=C. The third-order valence-corrected chi connectivity index (χ3v) is 21.7. The monoisotopic (exact) mass is 1250 g/mol. The van der Waals surface area contributed by atoms with E-state index in [-0.39, 0.29) is 0 Å². The summed E-state index contributed by atoms with van der Waals surface area (Å²) in [5.41, 5.74) is 2.73. The van der Waals surface area contributed by atoms with Crippen LogP contribution in [0.2, 0.25) is 0 Å². The van der Waals surface area contributed by atoms with E-state index in [1.54, 1.807) is 0 Å². The van der Waals surface area contributed by atoms with Crippen molar-refractivity contribution in [1.82, 2.24) is 0 Å². The Morgan fingerprint density at radius 3 is 0.711 bits per heavy atom. The van der Waals surface area contributed by atoms with Crippen LogP contribution in [0.15, 0.2) is 74.4 Å². The molecule has 0 aliphatic rings. The molecule has 0 N–H and O–H groups in total. The van der Waals surface area contributed by atoms with Crippen molar-refractivity contribution in [3.05, 3.63) is 74.4 Å². The van der Waals surface area contributed by atoms with Gasteiger partial charge in [0.15, 0.2) is 0 Å². The quantitative estimate of drug-likeness (QED) is 0.0421. The van der Waals surface area contributed by atoms with Crippen molar-refractivity contribution >= 4 is 0 Å². The highest BCUT2D eigenvalue weighted by Gasteiger charge is 2.48. The molecule has 0 spiro atoms. The van der Waals surface area contributed by atoms with Gasteiger partial charge < -0.3 is 0 Å². The van der Waals surface area contributed by atoms with Crippen molar-refractivity contribution in [1.29, 1.82) is 0 Å². The second-order valence-electron chi connectivity index (χ2n) is 30.1. The van der Waals surface area contributed by atoms with E-state index >= 15 is 0 Å². The highest BCUT2D eigenvalue weighted by atomic mass is 14.5. The Morgan fingerprint density at radius 2 is 0.433 bits per heavy atom. The Labute approximate surface area is 571 Å². The Hall–Kier alpha value is -1.56. The van der Waals surface area contributed by atoms with E-state index in [0.717, 1.165) is 0 Å². The van der Waals surface area contributed by atoms with E-state index in [1.807, 2.05) is 5.57 Å². The third-order valence-electron chi connectivity index (χ3n) is 21.7. The normalized spacial score (nSPS) is 13.3. The maximum Gasteiger partial charge on any atom is -0.00344 e. The standard InChI is InChI=1S/C90H170/c1-8-14-20-26-32-38-43-48-51-54-59-65-71-77-83-88(82-76-70-64-37-31-25-19-13-6)90(86-80-74-68-62-57-47-42-36-30-24-18-12-5,87-81-75-69-63-58-53-50-45-40-34-28-22-16-10-3)89(7,84-78-72-66-60-55-46-41-35-29-23-17-11-4)85-79-73-67-61-56-52-49-44-39-33-27-21-15-9-2/h8-9,11-12,28,34,82H,1-2,4-5,10,13-27,29-33,35-81,83-87H2,3,6-7H3. The first kappa shape index (κ1) is 88.4. The molecule has 0 aromatic rings. The fraction of sp³-hybridized carbons (Fsp3) is 0.867. The predicted molar refractivity (Wildman–Crippen MR) is 417 cm³/mol. The van der Waals surface area contributed by atoms with Gasteiger partial charge in [-0.05, 0) is 133 Å². The van der Waals surface area contributed by atoms with Crippen molar-refractivity contribution in [2.75, 3.05) is 0 Å². The molecular formula is C90H170. The lowest BCUT2D eigenvalue weighted by Gasteiger charge is -2.53. The average molecular weight is 1250 g/mol. The largest absolute Gasteiger partial charge is 0.103 e. The fourth-order valence-corrected chi connectivity index (χ4v) is 15.6. The summed E-state index contributed by atoms with van der Waals surface area (Å²) < 4.78 is 0. The van der Waals surface area contributed by atoms with Crippen LogP contribution in [0.1, 0.15) is 489 Å². The third kappa shape index (κ3) is 59.0. The predicted octanol–water partition coefficient (Wildman–Crippen LogP) is 33.7. The molecule has 0 saturated carbocycles. The van der Waals surface area contributed by atoms with Crippen LogP contribution in [-0.2, 0) is 0 Å². The smallest absolute Gasteiger partial charge is 0.00344 e. The molecule has 2 atom stereocenters. The molecular weight excluding hydrogens is 1080 g/mol. The molecule has 2 unspecified atom stereocenters. The Kier molecular flexibility index (Phi) is 73.5. The molecule has 0 nitrogen and oxygen atoms in total. The van der Waals surface area contributed by atoms with Crippen LogP contribution in [0.3, 0.4) is 0 Å². The van der Waals surface area contributed by atoms with Crippen molar-refractivity contribution < 1.29 is 0 Å². The Balaban J connectivity index is 6.94. The zero-order valence-electron chi connectivity index (χ0n) is 63.0. The van der Waals surface area contributed by atoms with Crippen molar-refractivity contribution in [2.24, 2.45) is 10.8 Å². The topological polar surface area (TPSA) is 0 Å². The van der Waals surface area contributed by atoms with Crippen LogP contribution in [0.4, 0.5) is 0 Å². The molecule has 0 aromatic carbocycles. The van der Waals surface area contributed by atoms with Gasteiger partial charge in [-0.25, -0.2) is 0 Å². The van der Waals surface area contributed by atoms with E-state index in [1.165, 1.54) is 469 Å². The van der Waals surface area contributed by atoms with Gasteiger partial charge in [-0.1, -0.05) is 416 Å². The highest BCUT2D eigenvalue weighted by Crippen LogP contribution is 2.59. The zero-order chi connectivity index (χ0) is 65.1. The van der Waals surface area contributed by atoms with Crippen LogP contribution in [0.5, 0.6) is 0 Å². The van der Waals surface area contributed by atoms with E-state index in [2.05, 4.69) is 89.6 Å². The molecule has 0 saturated heterocycles. The lowest BCUT2D eigenvalue weighted by atomic mass is 9.52. The Bertz CT molecular complexity index is 1470. The molecule has 530 valence electrons. The number of allylic oxidation sites excluding steroid dienone is 8. The minimum Gasteiger partial charge on any atom is -0.103 e. The van der Waals surface area contributed by atoms with Gasteiger partial charge in [0.05, 0.1) is 0 Å². The molecule has 0 aliphatic carbocycles. The molecule has 0 aromatic heterocycles. The van der Waals surface area contributed by atoms with Crippen molar-refractivity contribution in [3.63, 3.8) is 0 Å². The summed E-state index contributed by atoms with van der Waals surface area (Å²) in [4.78, 5) is 0. The number of hydrogen-bond donors (Lipinski definition) is 0. The summed E-state index contributed by atoms with van der Waals surface area (Å²) in [7, 11) is 0. The molecule has 90 heavy (non-hydrogen) atoms. The maximum absolute atomic E-state index is 3.97. The minimum absolute atomic E-state index is 0.340. The van der Waals surface area contributed by atoms with Crippen LogP contribution >= 0.6 is 0 Å². The van der Waals surface area contributed by atoms with Gasteiger partial charge in [0.25, 0.3) is 0 Å². The lowest BCUT2D eigenvalue weighted by molar-refractivity contribution is 0.0336. The molecule has 0 heteroatoms. The van der Waals surface area contributed by atoms with E-state index < -0.39 is 0 Å². The number of hydrogen-bond acceptors (Lipinski definition) is 0. The summed E-state index contributed by atoms with van der Waals surface area (Å²) >= 11 is 0. The summed E-state index contributed by atoms with van der Waals surface area (Å²) in [6.45, 7) is 23.4. The minimum atomic E-state index is 0.340. The van der Waals surface area contributed by atoms with Crippen LogP contribution in [-0.4, -0.2) is 0 Å². The second-order valence-corrected chi connectivity index (χ2v) is 30.1. The van der Waals surface area contributed by atoms with Gasteiger partial charge in [-0.15, -0.1) is 26.3 Å². The van der Waals surface area contributed by atoms with E-state index in [9.17, 15) is 0 Å². The first-order valence-corrected chi connectivity index (χ1v) is 42.3.